The van der Waals surface area contributed by atoms with Gasteiger partial charge >= 0.3 is 0 Å². The molecule has 0 amide bonds. The molecule has 90 valence electrons. The molecule has 0 saturated carbocycles. The van der Waals surface area contributed by atoms with Crippen molar-refractivity contribution in [1.82, 2.24) is 15.5 Å². The Balaban J connectivity index is 1.82. The Bertz CT molecular complexity index is 319. The third-order valence-electron chi connectivity index (χ3n) is 2.65. The van der Waals surface area contributed by atoms with Crippen LogP contribution in [0.15, 0.2) is 0 Å². The number of hydrogen-bond donors (Lipinski definition) is 1. The predicted molar refractivity (Wildman–Crippen MR) is 71.4 cm³/mol. The van der Waals surface area contributed by atoms with Crippen molar-refractivity contribution in [1.29, 1.82) is 0 Å². The lowest BCUT2D eigenvalue weighted by Crippen LogP contribution is -2.24. The zero-order valence-electron chi connectivity index (χ0n) is 9.90. The summed E-state index contributed by atoms with van der Waals surface area (Å²) in [7, 11) is 0. The molecule has 1 aliphatic heterocycles. The number of nitrogens with one attached hydrogen (secondary N) is 1. The first-order valence-corrected chi connectivity index (χ1v) is 7.86. The van der Waals surface area contributed by atoms with Crippen molar-refractivity contribution in [3.8, 4) is 0 Å². The topological polar surface area (TPSA) is 37.8 Å². The van der Waals surface area contributed by atoms with Crippen molar-refractivity contribution < 1.29 is 0 Å². The minimum absolute atomic E-state index is 0.554. The molecule has 3 nitrogen and oxygen atoms in total. The second kappa shape index (κ2) is 5.98. The van der Waals surface area contributed by atoms with E-state index in [9.17, 15) is 0 Å². The average Bonchev–Trinajstić information content (AvgIpc) is 2.85. The Kier molecular flexibility index (Phi) is 4.61. The number of aromatic nitrogens is 2. The molecule has 0 aromatic carbocycles. The summed E-state index contributed by atoms with van der Waals surface area (Å²) < 4.78 is 0. The van der Waals surface area contributed by atoms with Gasteiger partial charge in [0.25, 0.3) is 0 Å². The Morgan fingerprint density at radius 1 is 1.44 bits per heavy atom. The first kappa shape index (κ1) is 12.3. The van der Waals surface area contributed by atoms with E-state index < -0.39 is 0 Å². The fourth-order valence-corrected chi connectivity index (χ4v) is 4.04. The van der Waals surface area contributed by atoms with Gasteiger partial charge in [-0.15, -0.1) is 21.5 Å². The molecule has 0 spiro atoms. The highest BCUT2D eigenvalue weighted by molar-refractivity contribution is 7.99. The van der Waals surface area contributed by atoms with Crippen molar-refractivity contribution in [2.75, 3.05) is 18.1 Å². The van der Waals surface area contributed by atoms with E-state index in [0.717, 1.165) is 13.0 Å². The van der Waals surface area contributed by atoms with E-state index in [1.807, 2.05) is 11.8 Å². The van der Waals surface area contributed by atoms with Crippen LogP contribution in [0.25, 0.3) is 0 Å². The van der Waals surface area contributed by atoms with Crippen molar-refractivity contribution in [3.63, 3.8) is 0 Å². The van der Waals surface area contributed by atoms with Gasteiger partial charge in [0.15, 0.2) is 0 Å². The molecule has 0 bridgehead atoms. The molecule has 5 heteroatoms. The molecule has 16 heavy (non-hydrogen) atoms. The van der Waals surface area contributed by atoms with Gasteiger partial charge < -0.3 is 5.32 Å². The van der Waals surface area contributed by atoms with Gasteiger partial charge in [-0.2, -0.15) is 11.8 Å². The third-order valence-corrected chi connectivity index (χ3v) is 4.96. The average molecular weight is 257 g/mol. The van der Waals surface area contributed by atoms with Crippen LogP contribution in [-0.4, -0.2) is 34.3 Å². The quantitative estimate of drug-likeness (QED) is 0.878. The molecule has 1 aromatic heterocycles. The zero-order valence-corrected chi connectivity index (χ0v) is 11.5. The summed E-state index contributed by atoms with van der Waals surface area (Å²) >= 11 is 3.84. The second-order valence-electron chi connectivity index (χ2n) is 4.45. The lowest BCUT2D eigenvalue weighted by Gasteiger charge is -2.05. The first-order chi connectivity index (χ1) is 7.75. The van der Waals surface area contributed by atoms with E-state index in [0.29, 0.717) is 12.0 Å². The highest BCUT2D eigenvalue weighted by Crippen LogP contribution is 2.33. The highest BCUT2D eigenvalue weighted by Gasteiger charge is 2.21. The van der Waals surface area contributed by atoms with Gasteiger partial charge in [-0.25, -0.2) is 0 Å². The van der Waals surface area contributed by atoms with Crippen LogP contribution in [-0.2, 0) is 6.42 Å². The van der Waals surface area contributed by atoms with Gasteiger partial charge in [-0.05, 0) is 12.2 Å². The molecule has 1 N–H and O–H groups in total. The van der Waals surface area contributed by atoms with E-state index >= 15 is 0 Å². The monoisotopic (exact) mass is 257 g/mol. The van der Waals surface area contributed by atoms with Crippen LogP contribution in [0.2, 0.25) is 0 Å². The van der Waals surface area contributed by atoms with Crippen LogP contribution >= 0.6 is 23.1 Å². The zero-order chi connectivity index (χ0) is 11.4. The van der Waals surface area contributed by atoms with E-state index in [1.165, 1.54) is 27.9 Å². The molecule has 1 saturated heterocycles. The smallest absolute Gasteiger partial charge is 0.121 e. The minimum Gasteiger partial charge on any atom is -0.314 e. The van der Waals surface area contributed by atoms with Crippen molar-refractivity contribution in [3.05, 3.63) is 10.0 Å². The summed E-state index contributed by atoms with van der Waals surface area (Å²) in [5, 5.41) is 14.4. The van der Waals surface area contributed by atoms with Crippen LogP contribution < -0.4 is 5.32 Å². The molecule has 2 rings (SSSR count). The third kappa shape index (κ3) is 3.43. The number of hydrogen-bond acceptors (Lipinski definition) is 5. The highest BCUT2D eigenvalue weighted by atomic mass is 32.2. The van der Waals surface area contributed by atoms with Gasteiger partial charge in [-0.3, -0.25) is 0 Å². The summed E-state index contributed by atoms with van der Waals surface area (Å²) in [6, 6.07) is 0.554. The summed E-state index contributed by atoms with van der Waals surface area (Å²) in [6.07, 6.45) is 2.29. The maximum absolute atomic E-state index is 4.32. The summed E-state index contributed by atoms with van der Waals surface area (Å²) in [4.78, 5) is 0. The van der Waals surface area contributed by atoms with Gasteiger partial charge in [-0.1, -0.05) is 13.8 Å². The molecule has 1 atom stereocenters. The first-order valence-electron chi connectivity index (χ1n) is 5.89. The maximum Gasteiger partial charge on any atom is 0.121 e. The van der Waals surface area contributed by atoms with Crippen molar-refractivity contribution in [2.24, 2.45) is 0 Å². The number of thioether (sulfide) groups is 1. The van der Waals surface area contributed by atoms with Crippen LogP contribution in [0.4, 0.5) is 0 Å². The van der Waals surface area contributed by atoms with Gasteiger partial charge in [0.1, 0.15) is 10.0 Å². The Hall–Kier alpha value is -0.130. The van der Waals surface area contributed by atoms with Crippen molar-refractivity contribution in [2.45, 2.75) is 38.6 Å². The van der Waals surface area contributed by atoms with Gasteiger partial charge in [0.05, 0.1) is 0 Å². The molecule has 0 radical (unpaired) electrons. The van der Waals surface area contributed by atoms with Crippen LogP contribution in [0.3, 0.4) is 0 Å². The Labute approximate surface area is 105 Å². The molecule has 1 fully saturated rings. The Morgan fingerprint density at radius 2 is 2.31 bits per heavy atom. The fraction of sp³-hybridized carbons (Fsp3) is 0.818. The molecule has 1 aliphatic rings. The molecular formula is C11H19N3S2. The van der Waals surface area contributed by atoms with E-state index in [4.69, 9.17) is 0 Å². The van der Waals surface area contributed by atoms with Crippen molar-refractivity contribution >= 4 is 23.1 Å². The van der Waals surface area contributed by atoms with Crippen LogP contribution in [0.1, 0.15) is 36.2 Å². The summed E-state index contributed by atoms with van der Waals surface area (Å²) in [6.45, 7) is 5.34. The minimum atomic E-state index is 0.554. The number of rotatable bonds is 5. The largest absolute Gasteiger partial charge is 0.314 e. The summed E-state index contributed by atoms with van der Waals surface area (Å²) in [5.41, 5.74) is 0. The second-order valence-corrected chi connectivity index (χ2v) is 6.70. The van der Waals surface area contributed by atoms with E-state index in [1.54, 1.807) is 11.3 Å². The number of nitrogens with zero attached hydrogens (tertiary/aromatic N) is 2. The SMILES string of the molecule is CC(C)NCCc1nnc(C2CCSC2)s1. The van der Waals surface area contributed by atoms with E-state index in [-0.39, 0.29) is 0 Å². The Morgan fingerprint density at radius 3 is 3.00 bits per heavy atom. The van der Waals surface area contributed by atoms with Gasteiger partial charge in [0, 0.05) is 30.7 Å². The molecular weight excluding hydrogens is 238 g/mol. The molecule has 1 unspecified atom stereocenters. The predicted octanol–water partition coefficient (Wildman–Crippen LogP) is 2.30. The lowest BCUT2D eigenvalue weighted by molar-refractivity contribution is 0.588. The fourth-order valence-electron chi connectivity index (χ4n) is 1.73. The maximum atomic E-state index is 4.32. The van der Waals surface area contributed by atoms with Gasteiger partial charge in [0.2, 0.25) is 0 Å². The lowest BCUT2D eigenvalue weighted by atomic mass is 10.1. The van der Waals surface area contributed by atoms with Crippen LogP contribution in [0.5, 0.6) is 0 Å². The molecule has 0 aliphatic carbocycles. The summed E-state index contributed by atoms with van der Waals surface area (Å²) in [5.74, 6) is 3.20. The molecule has 1 aromatic rings. The molecule has 2 heterocycles. The standard InChI is InChI=1S/C11H19N3S2/c1-8(2)12-5-3-10-13-14-11(16-10)9-4-6-15-7-9/h8-9,12H,3-7H2,1-2H3. The van der Waals surface area contributed by atoms with E-state index in [2.05, 4.69) is 29.4 Å². The van der Waals surface area contributed by atoms with Crippen LogP contribution in [0, 0.1) is 0 Å². The normalized spacial score (nSPS) is 20.8.